The van der Waals surface area contributed by atoms with Crippen molar-refractivity contribution in [3.05, 3.63) is 16.5 Å². The fourth-order valence-corrected chi connectivity index (χ4v) is 2.80. The van der Waals surface area contributed by atoms with Crippen LogP contribution in [0.3, 0.4) is 0 Å². The van der Waals surface area contributed by atoms with Crippen molar-refractivity contribution in [1.29, 1.82) is 0 Å². The molecule has 0 aromatic carbocycles. The highest BCUT2D eigenvalue weighted by molar-refractivity contribution is 6.30. The van der Waals surface area contributed by atoms with Crippen LogP contribution in [0.2, 0.25) is 5.15 Å². The highest BCUT2D eigenvalue weighted by Gasteiger charge is 2.23. The SMILES string of the molecule is CCc1nc(Cl)c(C)c(NCC2CCCC2C)n1. The van der Waals surface area contributed by atoms with E-state index in [2.05, 4.69) is 22.2 Å². The molecule has 18 heavy (non-hydrogen) atoms. The summed E-state index contributed by atoms with van der Waals surface area (Å²) in [6.07, 6.45) is 4.86. The molecule has 0 spiro atoms. The van der Waals surface area contributed by atoms with Gasteiger partial charge in [-0.05, 0) is 25.2 Å². The summed E-state index contributed by atoms with van der Waals surface area (Å²) in [5.41, 5.74) is 0.958. The second kappa shape index (κ2) is 5.87. The highest BCUT2D eigenvalue weighted by atomic mass is 35.5. The van der Waals surface area contributed by atoms with E-state index in [0.29, 0.717) is 5.15 Å². The van der Waals surface area contributed by atoms with E-state index in [1.807, 2.05) is 13.8 Å². The van der Waals surface area contributed by atoms with E-state index in [4.69, 9.17) is 11.6 Å². The quantitative estimate of drug-likeness (QED) is 0.842. The van der Waals surface area contributed by atoms with Gasteiger partial charge in [-0.1, -0.05) is 38.3 Å². The molecule has 0 saturated heterocycles. The van der Waals surface area contributed by atoms with E-state index in [1.54, 1.807) is 0 Å². The molecule has 0 aliphatic heterocycles. The van der Waals surface area contributed by atoms with E-state index >= 15 is 0 Å². The van der Waals surface area contributed by atoms with Gasteiger partial charge in [0, 0.05) is 18.5 Å². The van der Waals surface area contributed by atoms with Crippen molar-refractivity contribution in [1.82, 2.24) is 9.97 Å². The molecule has 1 aliphatic rings. The van der Waals surface area contributed by atoms with Gasteiger partial charge in [-0.3, -0.25) is 0 Å². The van der Waals surface area contributed by atoms with E-state index < -0.39 is 0 Å². The van der Waals surface area contributed by atoms with Crippen LogP contribution in [-0.2, 0) is 6.42 Å². The zero-order chi connectivity index (χ0) is 13.1. The predicted molar refractivity (Wildman–Crippen MR) is 76.2 cm³/mol. The molecule has 1 heterocycles. The van der Waals surface area contributed by atoms with E-state index in [9.17, 15) is 0 Å². The van der Waals surface area contributed by atoms with Crippen molar-refractivity contribution in [2.24, 2.45) is 11.8 Å². The lowest BCUT2D eigenvalue weighted by Crippen LogP contribution is -2.18. The second-order valence-electron chi connectivity index (χ2n) is 5.31. The molecule has 2 atom stereocenters. The average molecular weight is 268 g/mol. The molecule has 1 aromatic heterocycles. The van der Waals surface area contributed by atoms with Crippen LogP contribution in [0, 0.1) is 18.8 Å². The summed E-state index contributed by atoms with van der Waals surface area (Å²) in [7, 11) is 0. The molecule has 1 fully saturated rings. The first kappa shape index (κ1) is 13.6. The maximum atomic E-state index is 6.13. The molecule has 0 bridgehead atoms. The van der Waals surface area contributed by atoms with E-state index in [-0.39, 0.29) is 0 Å². The smallest absolute Gasteiger partial charge is 0.137 e. The van der Waals surface area contributed by atoms with Crippen molar-refractivity contribution in [2.75, 3.05) is 11.9 Å². The van der Waals surface area contributed by atoms with E-state index in [1.165, 1.54) is 19.3 Å². The topological polar surface area (TPSA) is 37.8 Å². The van der Waals surface area contributed by atoms with Gasteiger partial charge in [0.25, 0.3) is 0 Å². The van der Waals surface area contributed by atoms with Crippen molar-refractivity contribution in [3.63, 3.8) is 0 Å². The van der Waals surface area contributed by atoms with Gasteiger partial charge in [-0.15, -0.1) is 0 Å². The number of halogens is 1. The highest BCUT2D eigenvalue weighted by Crippen LogP contribution is 2.31. The molecule has 1 saturated carbocycles. The van der Waals surface area contributed by atoms with Gasteiger partial charge < -0.3 is 5.32 Å². The summed E-state index contributed by atoms with van der Waals surface area (Å²) in [5.74, 6) is 3.31. The third-order valence-corrected chi connectivity index (χ3v) is 4.39. The summed E-state index contributed by atoms with van der Waals surface area (Å²) in [6.45, 7) is 7.36. The Morgan fingerprint density at radius 1 is 1.33 bits per heavy atom. The van der Waals surface area contributed by atoms with Crippen LogP contribution in [-0.4, -0.2) is 16.5 Å². The third kappa shape index (κ3) is 2.94. The zero-order valence-electron chi connectivity index (χ0n) is 11.5. The molecular weight excluding hydrogens is 246 g/mol. The molecule has 3 nitrogen and oxygen atoms in total. The van der Waals surface area contributed by atoms with Crippen LogP contribution in [0.1, 0.15) is 44.5 Å². The van der Waals surface area contributed by atoms with Gasteiger partial charge in [0.2, 0.25) is 0 Å². The number of nitrogens with one attached hydrogen (secondary N) is 1. The monoisotopic (exact) mass is 267 g/mol. The minimum Gasteiger partial charge on any atom is -0.369 e. The Bertz CT molecular complexity index is 420. The Hall–Kier alpha value is -0.830. The van der Waals surface area contributed by atoms with Gasteiger partial charge in [-0.2, -0.15) is 0 Å². The average Bonchev–Trinajstić information content (AvgIpc) is 2.76. The predicted octanol–water partition coefficient (Wildman–Crippen LogP) is 3.85. The van der Waals surface area contributed by atoms with Gasteiger partial charge >= 0.3 is 0 Å². The van der Waals surface area contributed by atoms with Crippen LogP contribution < -0.4 is 5.32 Å². The van der Waals surface area contributed by atoms with Crippen LogP contribution in [0.4, 0.5) is 5.82 Å². The number of anilines is 1. The van der Waals surface area contributed by atoms with Crippen molar-refractivity contribution in [2.45, 2.75) is 46.5 Å². The fourth-order valence-electron chi connectivity index (χ4n) is 2.62. The Morgan fingerprint density at radius 3 is 2.72 bits per heavy atom. The summed E-state index contributed by atoms with van der Waals surface area (Å²) in [6, 6.07) is 0. The number of aromatic nitrogens is 2. The van der Waals surface area contributed by atoms with Gasteiger partial charge in [0.1, 0.15) is 16.8 Å². The van der Waals surface area contributed by atoms with Gasteiger partial charge in [-0.25, -0.2) is 9.97 Å². The Kier molecular flexibility index (Phi) is 4.44. The largest absolute Gasteiger partial charge is 0.369 e. The fraction of sp³-hybridized carbons (Fsp3) is 0.714. The van der Waals surface area contributed by atoms with Crippen LogP contribution in [0.5, 0.6) is 0 Å². The molecule has 1 aromatic rings. The lowest BCUT2D eigenvalue weighted by atomic mass is 9.98. The number of hydrogen-bond acceptors (Lipinski definition) is 3. The molecule has 0 radical (unpaired) electrons. The molecule has 100 valence electrons. The summed E-state index contributed by atoms with van der Waals surface area (Å²) < 4.78 is 0. The second-order valence-corrected chi connectivity index (χ2v) is 5.66. The summed E-state index contributed by atoms with van der Waals surface area (Å²) in [5, 5.41) is 4.04. The van der Waals surface area contributed by atoms with Crippen LogP contribution in [0.15, 0.2) is 0 Å². The Balaban J connectivity index is 2.06. The molecule has 1 N–H and O–H groups in total. The first-order valence-corrected chi connectivity index (χ1v) is 7.26. The molecule has 2 rings (SSSR count). The van der Waals surface area contributed by atoms with Crippen molar-refractivity contribution in [3.8, 4) is 0 Å². The lowest BCUT2D eigenvalue weighted by Gasteiger charge is -2.17. The van der Waals surface area contributed by atoms with Crippen LogP contribution in [0.25, 0.3) is 0 Å². The van der Waals surface area contributed by atoms with Crippen molar-refractivity contribution < 1.29 is 0 Å². The molecular formula is C14H22ClN3. The Morgan fingerprint density at radius 2 is 2.11 bits per heavy atom. The molecule has 2 unspecified atom stereocenters. The Labute approximate surface area is 114 Å². The minimum absolute atomic E-state index is 0.573. The van der Waals surface area contributed by atoms with E-state index in [0.717, 1.165) is 42.0 Å². The van der Waals surface area contributed by atoms with Crippen LogP contribution >= 0.6 is 11.6 Å². The maximum absolute atomic E-state index is 6.13. The number of hydrogen-bond donors (Lipinski definition) is 1. The standard InChI is InChI=1S/C14H22ClN3/c1-4-12-17-13(15)10(3)14(18-12)16-8-11-7-5-6-9(11)2/h9,11H,4-8H2,1-3H3,(H,16,17,18). The first-order valence-electron chi connectivity index (χ1n) is 6.88. The molecule has 0 amide bonds. The third-order valence-electron chi connectivity index (χ3n) is 4.02. The van der Waals surface area contributed by atoms with Gasteiger partial charge in [0.05, 0.1) is 0 Å². The van der Waals surface area contributed by atoms with Gasteiger partial charge in [0.15, 0.2) is 0 Å². The summed E-state index contributed by atoms with van der Waals surface area (Å²) >= 11 is 6.13. The minimum atomic E-state index is 0.573. The molecule has 4 heteroatoms. The van der Waals surface area contributed by atoms with Crippen molar-refractivity contribution >= 4 is 17.4 Å². The number of rotatable bonds is 4. The maximum Gasteiger partial charge on any atom is 0.137 e. The number of aryl methyl sites for hydroxylation is 1. The lowest BCUT2D eigenvalue weighted by molar-refractivity contribution is 0.439. The molecule has 1 aliphatic carbocycles. The number of nitrogens with zero attached hydrogens (tertiary/aromatic N) is 2. The normalized spacial score (nSPS) is 23.3. The zero-order valence-corrected chi connectivity index (χ0v) is 12.2. The summed E-state index contributed by atoms with van der Waals surface area (Å²) in [4.78, 5) is 8.79. The first-order chi connectivity index (χ1) is 8.61.